The van der Waals surface area contributed by atoms with Crippen molar-refractivity contribution in [2.24, 2.45) is 0 Å². The van der Waals surface area contributed by atoms with Crippen LogP contribution in [-0.4, -0.2) is 59.2 Å². The van der Waals surface area contributed by atoms with Gasteiger partial charge >= 0.3 is 0 Å². The summed E-state index contributed by atoms with van der Waals surface area (Å²) in [5.74, 6) is 1.01. The third-order valence-electron chi connectivity index (χ3n) is 4.59. The molecule has 1 aromatic heterocycles. The number of nitrogens with one attached hydrogen (secondary N) is 1. The highest BCUT2D eigenvalue weighted by Crippen LogP contribution is 2.15. The normalized spacial score (nSPS) is 18.8. The second-order valence-corrected chi connectivity index (χ2v) is 6.20. The third kappa shape index (κ3) is 3.76. The summed E-state index contributed by atoms with van der Waals surface area (Å²) < 4.78 is 7.79. The zero-order chi connectivity index (χ0) is 16.9. The Labute approximate surface area is 142 Å². The Balaban J connectivity index is 1.48. The van der Waals surface area contributed by atoms with Gasteiger partial charge in [-0.1, -0.05) is 19.1 Å². The van der Waals surface area contributed by atoms with Crippen LogP contribution in [0.15, 0.2) is 24.3 Å². The van der Waals surface area contributed by atoms with Gasteiger partial charge in [-0.25, -0.2) is 4.98 Å². The summed E-state index contributed by atoms with van der Waals surface area (Å²) in [6.07, 6.45) is 0.534. The molecule has 1 unspecified atom stereocenters. The van der Waals surface area contributed by atoms with E-state index in [4.69, 9.17) is 4.74 Å². The van der Waals surface area contributed by atoms with Crippen LogP contribution in [0.5, 0.6) is 0 Å². The van der Waals surface area contributed by atoms with E-state index in [0.29, 0.717) is 19.7 Å². The minimum absolute atomic E-state index is 0.000334. The molecule has 2 heterocycles. The highest BCUT2D eigenvalue weighted by Gasteiger charge is 2.25. The van der Waals surface area contributed by atoms with Gasteiger partial charge in [-0.05, 0) is 32.0 Å². The molecule has 0 saturated carbocycles. The number of benzene rings is 1. The SMILES string of the molecule is CCN1CCOC(C(=O)NCCCn2c(C)nc3ccccc32)C1. The standard InChI is InChI=1S/C18H26N4O2/c1-3-21-11-12-24-17(13-21)18(23)19-9-6-10-22-14(2)20-15-7-4-5-8-16(15)22/h4-5,7-8,17H,3,6,9-13H2,1-2H3,(H,19,23). The van der Waals surface area contributed by atoms with Crippen molar-refractivity contribution in [2.45, 2.75) is 32.9 Å². The second-order valence-electron chi connectivity index (χ2n) is 6.20. The highest BCUT2D eigenvalue weighted by molar-refractivity contribution is 5.81. The molecule has 6 heteroatoms. The maximum Gasteiger partial charge on any atom is 0.250 e. The molecular formula is C18H26N4O2. The first-order valence-corrected chi connectivity index (χ1v) is 8.72. The number of ether oxygens (including phenoxy) is 1. The topological polar surface area (TPSA) is 59.4 Å². The van der Waals surface area contributed by atoms with Gasteiger partial charge < -0.3 is 14.6 Å². The van der Waals surface area contributed by atoms with Crippen molar-refractivity contribution < 1.29 is 9.53 Å². The number of fused-ring (bicyclic) bond motifs is 1. The van der Waals surface area contributed by atoms with Crippen LogP contribution in [0.1, 0.15) is 19.2 Å². The number of rotatable bonds is 6. The Bertz CT molecular complexity index is 697. The van der Waals surface area contributed by atoms with Crippen LogP contribution in [0.25, 0.3) is 11.0 Å². The number of hydrogen-bond acceptors (Lipinski definition) is 4. The van der Waals surface area contributed by atoms with Crippen LogP contribution in [0, 0.1) is 6.92 Å². The lowest BCUT2D eigenvalue weighted by Gasteiger charge is -2.31. The average Bonchev–Trinajstić information content (AvgIpc) is 2.94. The minimum Gasteiger partial charge on any atom is -0.366 e. The van der Waals surface area contributed by atoms with Crippen molar-refractivity contribution in [2.75, 3.05) is 32.8 Å². The Morgan fingerprint density at radius 3 is 3.08 bits per heavy atom. The van der Waals surface area contributed by atoms with Crippen LogP contribution in [0.2, 0.25) is 0 Å². The van der Waals surface area contributed by atoms with Gasteiger partial charge in [0.1, 0.15) is 11.9 Å². The van der Waals surface area contributed by atoms with Gasteiger partial charge in [0.25, 0.3) is 0 Å². The molecule has 0 bridgehead atoms. The molecule has 6 nitrogen and oxygen atoms in total. The number of aromatic nitrogens is 2. The lowest BCUT2D eigenvalue weighted by molar-refractivity contribution is -0.138. The van der Waals surface area contributed by atoms with Crippen molar-refractivity contribution in [1.29, 1.82) is 0 Å². The fourth-order valence-corrected chi connectivity index (χ4v) is 3.19. The summed E-state index contributed by atoms with van der Waals surface area (Å²) in [6.45, 7) is 8.81. The molecule has 1 aliphatic heterocycles. The van der Waals surface area contributed by atoms with E-state index >= 15 is 0 Å². The molecule has 2 aromatic rings. The number of imidazole rings is 1. The molecule has 130 valence electrons. The Hall–Kier alpha value is -1.92. The molecule has 1 aromatic carbocycles. The molecule has 1 N–H and O–H groups in total. The fourth-order valence-electron chi connectivity index (χ4n) is 3.19. The largest absolute Gasteiger partial charge is 0.366 e. The minimum atomic E-state index is -0.338. The summed E-state index contributed by atoms with van der Waals surface area (Å²) in [5, 5.41) is 3.00. The molecule has 1 atom stereocenters. The summed E-state index contributed by atoms with van der Waals surface area (Å²) >= 11 is 0. The third-order valence-corrected chi connectivity index (χ3v) is 4.59. The lowest BCUT2D eigenvalue weighted by Crippen LogP contribution is -2.49. The Kier molecular flexibility index (Phi) is 5.48. The zero-order valence-corrected chi connectivity index (χ0v) is 14.5. The van der Waals surface area contributed by atoms with Crippen LogP contribution >= 0.6 is 0 Å². The fraction of sp³-hybridized carbons (Fsp3) is 0.556. The maximum atomic E-state index is 12.2. The zero-order valence-electron chi connectivity index (χ0n) is 14.5. The monoisotopic (exact) mass is 330 g/mol. The number of likely N-dealkylation sites (N-methyl/N-ethyl adjacent to an activating group) is 1. The van der Waals surface area contributed by atoms with E-state index in [9.17, 15) is 4.79 Å². The smallest absolute Gasteiger partial charge is 0.250 e. The summed E-state index contributed by atoms with van der Waals surface area (Å²) in [6, 6.07) is 8.15. The van der Waals surface area contributed by atoms with Gasteiger partial charge in [0.2, 0.25) is 5.91 Å². The number of nitrogens with zero attached hydrogens (tertiary/aromatic N) is 3. The molecule has 1 amide bonds. The first kappa shape index (κ1) is 16.9. The predicted octanol–water partition coefficient (Wildman–Crippen LogP) is 1.57. The first-order chi connectivity index (χ1) is 11.7. The van der Waals surface area contributed by atoms with Gasteiger partial charge in [-0.2, -0.15) is 0 Å². The maximum absolute atomic E-state index is 12.2. The van der Waals surface area contributed by atoms with Crippen molar-refractivity contribution in [1.82, 2.24) is 19.8 Å². The number of aryl methyl sites for hydroxylation is 2. The van der Waals surface area contributed by atoms with Gasteiger partial charge in [0, 0.05) is 26.2 Å². The van der Waals surface area contributed by atoms with E-state index in [0.717, 1.165) is 42.9 Å². The van der Waals surface area contributed by atoms with E-state index < -0.39 is 0 Å². The van der Waals surface area contributed by atoms with E-state index in [1.807, 2.05) is 25.1 Å². The number of para-hydroxylation sites is 2. The molecule has 1 saturated heterocycles. The summed E-state index contributed by atoms with van der Waals surface area (Å²) in [7, 11) is 0. The molecule has 24 heavy (non-hydrogen) atoms. The Morgan fingerprint density at radius 2 is 2.25 bits per heavy atom. The number of hydrogen-bond donors (Lipinski definition) is 1. The summed E-state index contributed by atoms with van der Waals surface area (Å²) in [5.41, 5.74) is 2.17. The average molecular weight is 330 g/mol. The molecule has 0 aliphatic carbocycles. The molecule has 0 radical (unpaired) electrons. The molecule has 0 spiro atoms. The molecular weight excluding hydrogens is 304 g/mol. The van der Waals surface area contributed by atoms with Crippen molar-refractivity contribution >= 4 is 16.9 Å². The van der Waals surface area contributed by atoms with Crippen LogP contribution in [0.4, 0.5) is 0 Å². The first-order valence-electron chi connectivity index (χ1n) is 8.72. The quantitative estimate of drug-likeness (QED) is 0.817. The van der Waals surface area contributed by atoms with Gasteiger partial charge in [-0.3, -0.25) is 9.69 Å². The predicted molar refractivity (Wildman–Crippen MR) is 94.0 cm³/mol. The van der Waals surface area contributed by atoms with Gasteiger partial charge in [-0.15, -0.1) is 0 Å². The van der Waals surface area contributed by atoms with Gasteiger partial charge in [0.05, 0.1) is 17.6 Å². The number of morpholine rings is 1. The van der Waals surface area contributed by atoms with E-state index in [-0.39, 0.29) is 12.0 Å². The van der Waals surface area contributed by atoms with Crippen LogP contribution < -0.4 is 5.32 Å². The number of amides is 1. The van der Waals surface area contributed by atoms with E-state index in [1.165, 1.54) is 0 Å². The highest BCUT2D eigenvalue weighted by atomic mass is 16.5. The molecule has 3 rings (SSSR count). The van der Waals surface area contributed by atoms with E-state index in [1.54, 1.807) is 0 Å². The van der Waals surface area contributed by atoms with Crippen molar-refractivity contribution in [3.63, 3.8) is 0 Å². The van der Waals surface area contributed by atoms with Crippen LogP contribution in [0.3, 0.4) is 0 Å². The van der Waals surface area contributed by atoms with Crippen LogP contribution in [-0.2, 0) is 16.1 Å². The second kappa shape index (κ2) is 7.77. The van der Waals surface area contributed by atoms with Gasteiger partial charge in [0.15, 0.2) is 0 Å². The van der Waals surface area contributed by atoms with Crippen molar-refractivity contribution in [3.8, 4) is 0 Å². The molecule has 1 aliphatic rings. The lowest BCUT2D eigenvalue weighted by atomic mass is 10.2. The van der Waals surface area contributed by atoms with Crippen molar-refractivity contribution in [3.05, 3.63) is 30.1 Å². The number of carbonyl (C=O) groups is 1. The Morgan fingerprint density at radius 1 is 1.42 bits per heavy atom. The number of carbonyl (C=O) groups excluding carboxylic acids is 1. The molecule has 1 fully saturated rings. The summed E-state index contributed by atoms with van der Waals surface area (Å²) in [4.78, 5) is 19.0. The van der Waals surface area contributed by atoms with E-state index in [2.05, 4.69) is 32.8 Å².